The van der Waals surface area contributed by atoms with Crippen LogP contribution in [0.15, 0.2) is 24.3 Å². The number of para-hydroxylation sites is 1. The van der Waals surface area contributed by atoms with Crippen LogP contribution < -0.4 is 4.74 Å². The molecule has 0 aliphatic rings. The van der Waals surface area contributed by atoms with Gasteiger partial charge in [-0.2, -0.15) is 0 Å². The van der Waals surface area contributed by atoms with Crippen molar-refractivity contribution in [2.45, 2.75) is 6.36 Å². The average molecular weight is 226 g/mol. The number of ether oxygens (including phenoxy) is 1. The predicted molar refractivity (Wildman–Crippen MR) is 44.7 cm³/mol. The number of rotatable bonds is 1. The fraction of sp³-hybridized carbons (Fsp3) is 0.143. The van der Waals surface area contributed by atoms with Crippen molar-refractivity contribution < 1.29 is 32.3 Å². The minimum Gasteiger partial charge on any atom is -0.430 e. The van der Waals surface area contributed by atoms with Crippen LogP contribution in [0.5, 0.6) is 5.75 Å². The van der Waals surface area contributed by atoms with E-state index in [1.807, 2.05) is 0 Å². The predicted octanol–water partition coefficient (Wildman–Crippen LogP) is 0.962. The molecule has 0 fully saturated rings. The molecule has 0 atom stereocenters. The highest BCUT2D eigenvalue weighted by molar-refractivity contribution is 6.13. The summed E-state index contributed by atoms with van der Waals surface area (Å²) in [4.78, 5) is 0. The zero-order valence-corrected chi connectivity index (χ0v) is 7.33. The molecule has 1 aromatic rings. The van der Waals surface area contributed by atoms with E-state index in [2.05, 4.69) is 4.74 Å². The highest BCUT2D eigenvalue weighted by atomic mass is 19.4. The third kappa shape index (κ3) is 6.75. The van der Waals surface area contributed by atoms with Crippen molar-refractivity contribution in [1.29, 1.82) is 0 Å². The Kier molecular flexibility index (Phi) is 5.72. The SMILES string of the molecule is Fc1ccccc1OC(F)(F)F.OBO. The monoisotopic (exact) mass is 226 g/mol. The molecule has 0 saturated carbocycles. The summed E-state index contributed by atoms with van der Waals surface area (Å²) in [6, 6.07) is 4.33. The summed E-state index contributed by atoms with van der Waals surface area (Å²) in [6.45, 7) is 0. The number of alkyl halides is 3. The fourth-order valence-corrected chi connectivity index (χ4v) is 0.652. The van der Waals surface area contributed by atoms with Crippen molar-refractivity contribution in [3.8, 4) is 5.75 Å². The molecule has 2 N–H and O–H groups in total. The lowest BCUT2D eigenvalue weighted by Crippen LogP contribution is -2.17. The van der Waals surface area contributed by atoms with Crippen LogP contribution in [0.1, 0.15) is 0 Å². The van der Waals surface area contributed by atoms with E-state index in [9.17, 15) is 17.6 Å². The molecule has 0 saturated heterocycles. The second kappa shape index (κ2) is 6.25. The van der Waals surface area contributed by atoms with Gasteiger partial charge < -0.3 is 14.8 Å². The smallest absolute Gasteiger partial charge is 0.430 e. The van der Waals surface area contributed by atoms with Crippen LogP contribution in [-0.4, -0.2) is 24.1 Å². The van der Waals surface area contributed by atoms with E-state index < -0.39 is 25.6 Å². The van der Waals surface area contributed by atoms with Crippen LogP contribution in [0.4, 0.5) is 17.6 Å². The highest BCUT2D eigenvalue weighted by Crippen LogP contribution is 2.24. The molecular formula is C7H7BF4O3. The Morgan fingerprint density at radius 1 is 1.13 bits per heavy atom. The van der Waals surface area contributed by atoms with Gasteiger partial charge in [0, 0.05) is 0 Å². The molecule has 84 valence electrons. The summed E-state index contributed by atoms with van der Waals surface area (Å²) in [5.41, 5.74) is 0. The van der Waals surface area contributed by atoms with Crippen molar-refractivity contribution in [2.24, 2.45) is 0 Å². The first-order chi connectivity index (χ1) is 6.90. The van der Waals surface area contributed by atoms with Crippen LogP contribution in [0.25, 0.3) is 0 Å². The maximum atomic E-state index is 12.5. The molecule has 0 aromatic heterocycles. The van der Waals surface area contributed by atoms with E-state index in [0.717, 1.165) is 12.1 Å². The summed E-state index contributed by atoms with van der Waals surface area (Å²) < 4.78 is 50.4. The molecule has 1 rings (SSSR count). The van der Waals surface area contributed by atoms with Gasteiger partial charge in [0.2, 0.25) is 0 Å². The first kappa shape index (κ1) is 13.7. The standard InChI is InChI=1S/C7H4F4O.BH3O2/c8-5-3-1-2-4-6(5)12-7(9,10)11;2-1-3/h1-4H;1-3H. The van der Waals surface area contributed by atoms with Gasteiger partial charge in [0.05, 0.1) is 0 Å². The normalized spacial score (nSPS) is 10.0. The molecule has 15 heavy (non-hydrogen) atoms. The number of hydrogen-bond acceptors (Lipinski definition) is 3. The summed E-state index contributed by atoms with van der Waals surface area (Å²) in [5.74, 6) is -1.85. The summed E-state index contributed by atoms with van der Waals surface area (Å²) >= 11 is 0. The quantitative estimate of drug-likeness (QED) is 0.553. The fourth-order valence-electron chi connectivity index (χ4n) is 0.652. The minimum absolute atomic E-state index is 0.750. The second-order valence-electron chi connectivity index (χ2n) is 2.12. The van der Waals surface area contributed by atoms with E-state index in [1.165, 1.54) is 12.1 Å². The lowest BCUT2D eigenvalue weighted by Gasteiger charge is -2.08. The molecule has 0 aliphatic heterocycles. The van der Waals surface area contributed by atoms with Crippen molar-refractivity contribution in [2.75, 3.05) is 0 Å². The molecule has 0 bridgehead atoms. The Labute approximate surface area is 83.2 Å². The number of hydrogen-bond donors (Lipinski definition) is 2. The Bertz CT molecular complexity index is 292. The lowest BCUT2D eigenvalue weighted by molar-refractivity contribution is -0.275. The Balaban J connectivity index is 0.000000583. The molecule has 3 nitrogen and oxygen atoms in total. The van der Waals surface area contributed by atoms with E-state index in [0.29, 0.717) is 0 Å². The van der Waals surface area contributed by atoms with Crippen molar-refractivity contribution in [3.63, 3.8) is 0 Å². The van der Waals surface area contributed by atoms with Crippen molar-refractivity contribution >= 4 is 7.69 Å². The molecular weight excluding hydrogens is 219 g/mol. The third-order valence-corrected chi connectivity index (χ3v) is 1.06. The van der Waals surface area contributed by atoms with Gasteiger partial charge in [-0.25, -0.2) is 4.39 Å². The highest BCUT2D eigenvalue weighted by Gasteiger charge is 2.32. The average Bonchev–Trinajstić information content (AvgIpc) is 2.08. The molecule has 0 spiro atoms. The van der Waals surface area contributed by atoms with Gasteiger partial charge in [-0.1, -0.05) is 12.1 Å². The zero-order chi connectivity index (χ0) is 11.9. The van der Waals surface area contributed by atoms with E-state index >= 15 is 0 Å². The third-order valence-electron chi connectivity index (χ3n) is 1.06. The Hall–Kier alpha value is -1.28. The topological polar surface area (TPSA) is 49.7 Å². The Morgan fingerprint density at radius 3 is 2.00 bits per heavy atom. The van der Waals surface area contributed by atoms with Gasteiger partial charge in [-0.3, -0.25) is 0 Å². The molecule has 1 aromatic carbocycles. The molecule has 0 unspecified atom stereocenters. The molecule has 8 heteroatoms. The summed E-state index contributed by atoms with van der Waals surface area (Å²) in [6.07, 6.45) is -4.85. The first-order valence-electron chi connectivity index (χ1n) is 3.62. The zero-order valence-electron chi connectivity index (χ0n) is 7.33. The van der Waals surface area contributed by atoms with E-state index in [4.69, 9.17) is 10.0 Å². The second-order valence-corrected chi connectivity index (χ2v) is 2.12. The van der Waals surface area contributed by atoms with Gasteiger partial charge in [-0.15, -0.1) is 13.2 Å². The number of benzene rings is 1. The van der Waals surface area contributed by atoms with Crippen LogP contribution in [-0.2, 0) is 0 Å². The van der Waals surface area contributed by atoms with Gasteiger partial charge in [0.1, 0.15) is 0 Å². The summed E-state index contributed by atoms with van der Waals surface area (Å²) in [7, 11) is -0.750. The van der Waals surface area contributed by atoms with Crippen LogP contribution in [0.2, 0.25) is 0 Å². The molecule has 0 amide bonds. The molecule has 0 heterocycles. The lowest BCUT2D eigenvalue weighted by atomic mass is 10.3. The van der Waals surface area contributed by atoms with Crippen LogP contribution in [0, 0.1) is 5.82 Å². The maximum absolute atomic E-state index is 12.5. The van der Waals surface area contributed by atoms with Crippen LogP contribution >= 0.6 is 0 Å². The van der Waals surface area contributed by atoms with Crippen LogP contribution in [0.3, 0.4) is 0 Å². The number of halogens is 4. The van der Waals surface area contributed by atoms with Gasteiger partial charge in [0.25, 0.3) is 0 Å². The van der Waals surface area contributed by atoms with Crippen molar-refractivity contribution in [1.82, 2.24) is 0 Å². The van der Waals surface area contributed by atoms with Crippen molar-refractivity contribution in [3.05, 3.63) is 30.1 Å². The van der Waals surface area contributed by atoms with Gasteiger partial charge in [-0.05, 0) is 12.1 Å². The Morgan fingerprint density at radius 2 is 1.60 bits per heavy atom. The van der Waals surface area contributed by atoms with Gasteiger partial charge >= 0.3 is 14.0 Å². The summed E-state index contributed by atoms with van der Waals surface area (Å²) in [5, 5.41) is 14.2. The largest absolute Gasteiger partial charge is 0.573 e. The van der Waals surface area contributed by atoms with E-state index in [1.54, 1.807) is 0 Å². The first-order valence-corrected chi connectivity index (χ1v) is 3.62. The molecule has 0 aliphatic carbocycles. The van der Waals surface area contributed by atoms with E-state index in [-0.39, 0.29) is 0 Å². The molecule has 0 radical (unpaired) electrons. The van der Waals surface area contributed by atoms with Gasteiger partial charge in [0.15, 0.2) is 11.6 Å². The maximum Gasteiger partial charge on any atom is 0.573 e. The minimum atomic E-state index is -4.85.